The van der Waals surface area contributed by atoms with Crippen molar-refractivity contribution in [3.05, 3.63) is 29.0 Å². The Kier molecular flexibility index (Phi) is 6.25. The number of amides is 1. The molecule has 0 aliphatic carbocycles. The molecule has 0 aromatic carbocycles. The zero-order valence-electron chi connectivity index (χ0n) is 14.1. The number of nitrogens with one attached hydrogen (secondary N) is 1. The van der Waals surface area contributed by atoms with Gasteiger partial charge in [0.25, 0.3) is 0 Å². The number of hydrogen-bond donors (Lipinski definition) is 1. The molecule has 1 saturated heterocycles. The number of hydrogen-bond acceptors (Lipinski definition) is 4. The molecule has 1 aliphatic heterocycles. The van der Waals surface area contributed by atoms with Gasteiger partial charge in [0.05, 0.1) is 0 Å². The van der Waals surface area contributed by atoms with Crippen molar-refractivity contribution in [2.75, 3.05) is 19.6 Å². The molecular weight excluding hydrogens is 314 g/mol. The number of piperidine rings is 1. The van der Waals surface area contributed by atoms with Crippen molar-refractivity contribution < 1.29 is 9.53 Å². The van der Waals surface area contributed by atoms with Gasteiger partial charge in [-0.05, 0) is 64.3 Å². The van der Waals surface area contributed by atoms with E-state index in [0.717, 1.165) is 32.5 Å². The second-order valence-corrected chi connectivity index (χ2v) is 7.48. The second-order valence-electron chi connectivity index (χ2n) is 7.09. The number of carbonyl (C=O) groups is 1. The molecule has 1 aromatic heterocycles. The minimum atomic E-state index is -0.444. The van der Waals surface area contributed by atoms with E-state index in [2.05, 4.69) is 15.2 Å². The van der Waals surface area contributed by atoms with Crippen molar-refractivity contribution in [3.63, 3.8) is 0 Å². The Morgan fingerprint density at radius 3 is 2.65 bits per heavy atom. The monoisotopic (exact) mass is 339 g/mol. The van der Waals surface area contributed by atoms with Crippen molar-refractivity contribution in [1.29, 1.82) is 0 Å². The Hall–Kier alpha value is -1.33. The van der Waals surface area contributed by atoms with E-state index < -0.39 is 5.60 Å². The van der Waals surface area contributed by atoms with Crippen LogP contribution in [0.2, 0.25) is 5.15 Å². The van der Waals surface area contributed by atoms with Crippen LogP contribution >= 0.6 is 11.6 Å². The highest BCUT2D eigenvalue weighted by Crippen LogP contribution is 2.19. The Bertz CT molecular complexity index is 506. The van der Waals surface area contributed by atoms with Crippen LogP contribution in [0.3, 0.4) is 0 Å². The quantitative estimate of drug-likeness (QED) is 0.853. The summed E-state index contributed by atoms with van der Waals surface area (Å²) in [4.78, 5) is 18.2. The molecule has 1 aliphatic rings. The van der Waals surface area contributed by atoms with Crippen LogP contribution in [0.5, 0.6) is 0 Å². The fourth-order valence-electron chi connectivity index (χ4n) is 2.65. The van der Waals surface area contributed by atoms with Crippen LogP contribution in [0.4, 0.5) is 4.79 Å². The average molecular weight is 340 g/mol. The van der Waals surface area contributed by atoms with Crippen LogP contribution in [0.15, 0.2) is 18.3 Å². The van der Waals surface area contributed by atoms with Gasteiger partial charge in [0, 0.05) is 19.3 Å². The minimum Gasteiger partial charge on any atom is -0.444 e. The van der Waals surface area contributed by atoms with Crippen molar-refractivity contribution in [1.82, 2.24) is 15.2 Å². The van der Waals surface area contributed by atoms with Gasteiger partial charge in [-0.15, -0.1) is 0 Å². The molecule has 1 aromatic rings. The standard InChI is InChI=1S/C17H26ClN3O2/c1-17(2,3)23-16(22)20-10-13-6-8-21(9-7-13)12-14-4-5-15(18)19-11-14/h4-5,11,13H,6-10,12H2,1-3H3,(H,20,22). The van der Waals surface area contributed by atoms with Gasteiger partial charge in [-0.1, -0.05) is 17.7 Å². The summed E-state index contributed by atoms with van der Waals surface area (Å²) in [5.74, 6) is 0.516. The summed E-state index contributed by atoms with van der Waals surface area (Å²) in [6.45, 7) is 9.26. The molecule has 1 N–H and O–H groups in total. The zero-order chi connectivity index (χ0) is 16.9. The summed E-state index contributed by atoms with van der Waals surface area (Å²) in [7, 11) is 0. The molecule has 0 radical (unpaired) electrons. The first-order chi connectivity index (χ1) is 10.8. The molecule has 0 saturated carbocycles. The molecule has 1 fully saturated rings. The smallest absolute Gasteiger partial charge is 0.407 e. The molecule has 0 bridgehead atoms. The van der Waals surface area contributed by atoms with Gasteiger partial charge >= 0.3 is 6.09 Å². The van der Waals surface area contributed by atoms with E-state index >= 15 is 0 Å². The molecule has 6 heteroatoms. The van der Waals surface area contributed by atoms with Crippen LogP contribution in [-0.2, 0) is 11.3 Å². The summed E-state index contributed by atoms with van der Waals surface area (Å²) in [5, 5.41) is 3.40. The second kappa shape index (κ2) is 7.97. The predicted octanol–water partition coefficient (Wildman–Crippen LogP) is 3.47. The normalized spacial score (nSPS) is 17.0. The summed E-state index contributed by atoms with van der Waals surface area (Å²) in [5.41, 5.74) is 0.736. The van der Waals surface area contributed by atoms with E-state index in [4.69, 9.17) is 16.3 Å². The maximum Gasteiger partial charge on any atom is 0.407 e. The topological polar surface area (TPSA) is 54.5 Å². The fraction of sp³-hybridized carbons (Fsp3) is 0.647. The number of alkyl carbamates (subject to hydrolysis) is 1. The summed E-state index contributed by atoms with van der Waals surface area (Å²) in [6, 6.07) is 3.85. The van der Waals surface area contributed by atoms with Gasteiger partial charge in [-0.3, -0.25) is 4.90 Å². The molecule has 0 unspecified atom stereocenters. The van der Waals surface area contributed by atoms with Crippen molar-refractivity contribution in [2.45, 2.75) is 45.8 Å². The first kappa shape index (κ1) is 18.0. The third-order valence-corrected chi connectivity index (χ3v) is 4.06. The predicted molar refractivity (Wildman–Crippen MR) is 91.5 cm³/mol. The van der Waals surface area contributed by atoms with Gasteiger partial charge in [0.2, 0.25) is 0 Å². The number of ether oxygens (including phenoxy) is 1. The maximum absolute atomic E-state index is 11.7. The first-order valence-electron chi connectivity index (χ1n) is 8.11. The lowest BCUT2D eigenvalue weighted by atomic mass is 9.96. The number of aromatic nitrogens is 1. The molecule has 2 heterocycles. The highest BCUT2D eigenvalue weighted by Gasteiger charge is 2.21. The van der Waals surface area contributed by atoms with Gasteiger partial charge in [0.1, 0.15) is 10.8 Å². The van der Waals surface area contributed by atoms with Crippen LogP contribution < -0.4 is 5.32 Å². The highest BCUT2D eigenvalue weighted by molar-refractivity contribution is 6.29. The van der Waals surface area contributed by atoms with Crippen LogP contribution in [0, 0.1) is 5.92 Å². The average Bonchev–Trinajstić information content (AvgIpc) is 2.47. The number of carbonyl (C=O) groups excluding carboxylic acids is 1. The molecule has 5 nitrogen and oxygen atoms in total. The number of nitrogens with zero attached hydrogens (tertiary/aromatic N) is 2. The van der Waals surface area contributed by atoms with Gasteiger partial charge in [-0.2, -0.15) is 0 Å². The fourth-order valence-corrected chi connectivity index (χ4v) is 2.76. The lowest BCUT2D eigenvalue weighted by molar-refractivity contribution is 0.0509. The van der Waals surface area contributed by atoms with E-state index in [-0.39, 0.29) is 6.09 Å². The third kappa shape index (κ3) is 6.75. The molecular formula is C17H26ClN3O2. The van der Waals surface area contributed by atoms with Gasteiger partial charge in [0.15, 0.2) is 0 Å². The molecule has 128 valence electrons. The van der Waals surface area contributed by atoms with Gasteiger partial charge in [-0.25, -0.2) is 9.78 Å². The minimum absolute atomic E-state index is 0.327. The molecule has 0 spiro atoms. The maximum atomic E-state index is 11.7. The number of pyridine rings is 1. The molecule has 1 amide bonds. The summed E-state index contributed by atoms with van der Waals surface area (Å²) < 4.78 is 5.26. The largest absolute Gasteiger partial charge is 0.444 e. The SMILES string of the molecule is CC(C)(C)OC(=O)NCC1CCN(Cc2ccc(Cl)nc2)CC1. The summed E-state index contributed by atoms with van der Waals surface area (Å²) in [6.07, 6.45) is 3.67. The summed E-state index contributed by atoms with van der Waals surface area (Å²) >= 11 is 5.80. The number of rotatable bonds is 4. The van der Waals surface area contributed by atoms with Crippen LogP contribution in [-0.4, -0.2) is 41.2 Å². The molecule has 0 atom stereocenters. The Balaban J connectivity index is 1.67. The number of likely N-dealkylation sites (tertiary alicyclic amines) is 1. The lowest BCUT2D eigenvalue weighted by Crippen LogP contribution is -2.40. The Morgan fingerprint density at radius 2 is 2.09 bits per heavy atom. The van der Waals surface area contributed by atoms with E-state index in [1.54, 1.807) is 0 Å². The van der Waals surface area contributed by atoms with E-state index in [1.165, 1.54) is 5.56 Å². The van der Waals surface area contributed by atoms with Gasteiger partial charge < -0.3 is 10.1 Å². The third-order valence-electron chi connectivity index (χ3n) is 3.84. The van der Waals surface area contributed by atoms with Crippen molar-refractivity contribution in [3.8, 4) is 0 Å². The van der Waals surface area contributed by atoms with E-state index in [0.29, 0.717) is 17.6 Å². The van der Waals surface area contributed by atoms with Crippen LogP contribution in [0.25, 0.3) is 0 Å². The lowest BCUT2D eigenvalue weighted by Gasteiger charge is -2.32. The zero-order valence-corrected chi connectivity index (χ0v) is 14.9. The van der Waals surface area contributed by atoms with E-state index in [1.807, 2.05) is 39.1 Å². The highest BCUT2D eigenvalue weighted by atomic mass is 35.5. The van der Waals surface area contributed by atoms with Crippen molar-refractivity contribution in [2.24, 2.45) is 5.92 Å². The van der Waals surface area contributed by atoms with Crippen LogP contribution in [0.1, 0.15) is 39.2 Å². The van der Waals surface area contributed by atoms with E-state index in [9.17, 15) is 4.79 Å². The Labute approximate surface area is 143 Å². The first-order valence-corrected chi connectivity index (χ1v) is 8.49. The Morgan fingerprint density at radius 1 is 1.39 bits per heavy atom. The molecule has 23 heavy (non-hydrogen) atoms. The number of halogens is 1. The molecule has 2 rings (SSSR count). The van der Waals surface area contributed by atoms with Crippen molar-refractivity contribution >= 4 is 17.7 Å².